The van der Waals surface area contributed by atoms with Gasteiger partial charge in [-0.2, -0.15) is 29.9 Å². The number of hydrogen-bond donors (Lipinski definition) is 7. The molecule has 0 spiro atoms. The van der Waals surface area contributed by atoms with Crippen LogP contribution in [0.25, 0.3) is 12.2 Å². The second kappa shape index (κ2) is 31.1. The van der Waals surface area contributed by atoms with Crippen molar-refractivity contribution in [3.05, 3.63) is 53.3 Å². The predicted octanol–water partition coefficient (Wildman–Crippen LogP) is -12.4. The van der Waals surface area contributed by atoms with Gasteiger partial charge in [0.2, 0.25) is 29.7 Å². The van der Waals surface area contributed by atoms with Gasteiger partial charge in [0.15, 0.2) is 5.75 Å². The van der Waals surface area contributed by atoms with Gasteiger partial charge in [0.25, 0.3) is 0 Å². The summed E-state index contributed by atoms with van der Waals surface area (Å²) in [6.07, 6.45) is 2.56. The summed E-state index contributed by atoms with van der Waals surface area (Å²) in [6, 6.07) is 7.95. The van der Waals surface area contributed by atoms with Crippen molar-refractivity contribution in [1.82, 2.24) is 29.9 Å². The Labute approximate surface area is 460 Å². The Bertz CT molecular complexity index is 2450. The molecule has 0 atom stereocenters. The first-order chi connectivity index (χ1) is 28.4. The summed E-state index contributed by atoms with van der Waals surface area (Å²) in [7, 11) is -14.2. The summed E-state index contributed by atoms with van der Waals surface area (Å²) in [6.45, 7) is -0.758. The summed E-state index contributed by atoms with van der Waals surface area (Å²) >= 11 is -0.378. The fourth-order valence-corrected chi connectivity index (χ4v) is 6.11. The monoisotopic (exact) mass is 1010 g/mol. The minimum Gasteiger partial charge on any atom is -0.773 e. The van der Waals surface area contributed by atoms with E-state index in [0.717, 1.165) is 6.07 Å². The van der Waals surface area contributed by atoms with Gasteiger partial charge >= 0.3 is 118 Å². The molecule has 0 unspecified atom stereocenters. The molecule has 0 fully saturated rings. The van der Waals surface area contributed by atoms with Gasteiger partial charge in [-0.25, -0.2) is 25.3 Å². The van der Waals surface area contributed by atoms with Crippen LogP contribution in [0.15, 0.2) is 41.3 Å². The first-order valence-corrected chi connectivity index (χ1v) is 22.2. The molecule has 4 rings (SSSR count). The molecule has 7 N–H and O–H groups in total. The molecule has 26 nitrogen and oxygen atoms in total. The predicted molar refractivity (Wildman–Crippen MR) is 209 cm³/mol. The standard InChI is InChI=1S/C30H39N11O15S4.4Na/c42-11-7-25-36-26(32-9-15-58(45,46)47)39-29(37-25)35-22-6-4-20(24(18-22)60(51,52)53)2-1-19-3-5-21(17-23(19)55-56-57-44)34-30-40-27(31-8-13-54-14-12-43)38-28(41-30)33-10-16-59(48,49)50;;;;/h1-6,17-18,42-44H,7-16H2,(H,45,46,47)(H,48,49,50)(H,51,52,53)(H2,32,35,36,37,39)(H3,31,33,34,38,40,41);;;;/q;4*+1/p-4. The van der Waals surface area contributed by atoms with Crippen molar-refractivity contribution in [3.63, 3.8) is 0 Å². The van der Waals surface area contributed by atoms with Crippen molar-refractivity contribution in [3.8, 4) is 5.75 Å². The molecule has 2 aromatic carbocycles. The van der Waals surface area contributed by atoms with Gasteiger partial charge in [0, 0.05) is 49.1 Å². The molecule has 2 heterocycles. The average Bonchev–Trinajstić information content (AvgIpc) is 3.15. The first-order valence-electron chi connectivity index (χ1n) is 16.9. The number of nitrogens with one attached hydrogen (secondary N) is 5. The molecule has 0 saturated carbocycles. The van der Waals surface area contributed by atoms with Gasteiger partial charge in [0.05, 0.1) is 63.1 Å². The SMILES string of the molecule is O=S(=O)([O-])CCNc1nc(CCO)nc(Nc2ccc(C=Cc3ccc(Nc4nc(NCCOCCO)nc(NCCS(=O)(=O)[O-])n4)cc3OOS[O-])c(S(=O)(=O)[O-])c2)n1.[Na+].[Na+].[Na+].[Na+]. The number of hydrogen-bond acceptors (Lipinski definition) is 27. The average molecular weight is 1010 g/mol. The van der Waals surface area contributed by atoms with E-state index in [1.54, 1.807) is 0 Å². The summed E-state index contributed by atoms with van der Waals surface area (Å²) in [5, 5.41) is 31.9. The van der Waals surface area contributed by atoms with Crippen molar-refractivity contribution in [1.29, 1.82) is 0 Å². The molecule has 0 amide bonds. The number of ether oxygens (including phenoxy) is 1. The third-order valence-electron chi connectivity index (χ3n) is 7.09. The number of rotatable bonds is 26. The minimum atomic E-state index is -5.13. The number of nitrogens with zero attached hydrogens (tertiary/aromatic N) is 6. The minimum absolute atomic E-state index is 0. The van der Waals surface area contributed by atoms with Crippen LogP contribution < -0.4 is 150 Å². The second-order valence-electron chi connectivity index (χ2n) is 11.6. The number of aromatic nitrogens is 6. The van der Waals surface area contributed by atoms with Crippen molar-refractivity contribution >= 4 is 95.9 Å². The van der Waals surface area contributed by atoms with Crippen LogP contribution in [0, 0.1) is 0 Å². The molecule has 0 saturated heterocycles. The second-order valence-corrected chi connectivity index (χ2v) is 16.2. The van der Waals surface area contributed by atoms with E-state index in [4.69, 9.17) is 14.7 Å². The first kappa shape index (κ1) is 62.9. The molecule has 0 aliphatic rings. The topological polar surface area (TPSA) is 400 Å². The third kappa shape index (κ3) is 23.7. The molecule has 0 bridgehead atoms. The molecular weight excluding hydrogens is 975 g/mol. The molecule has 4 aromatic rings. The van der Waals surface area contributed by atoms with Gasteiger partial charge in [-0.05, 0) is 42.2 Å². The van der Waals surface area contributed by atoms with E-state index in [9.17, 15) is 48.6 Å². The van der Waals surface area contributed by atoms with Gasteiger partial charge < -0.3 is 64.6 Å². The fraction of sp³-hybridized carbons (Fsp3) is 0.333. The van der Waals surface area contributed by atoms with Gasteiger partial charge in [0.1, 0.15) is 15.9 Å². The maximum Gasteiger partial charge on any atom is 1.00 e. The van der Waals surface area contributed by atoms with Gasteiger partial charge in [-0.15, -0.1) is 4.33 Å². The van der Waals surface area contributed by atoms with Crippen molar-refractivity contribution in [2.24, 2.45) is 0 Å². The Balaban J connectivity index is 0.00000992. The Morgan fingerprint density at radius 2 is 1.11 bits per heavy atom. The molecule has 0 radical (unpaired) electrons. The molecule has 328 valence electrons. The molecule has 64 heavy (non-hydrogen) atoms. The Morgan fingerprint density at radius 1 is 0.625 bits per heavy atom. The summed E-state index contributed by atoms with van der Waals surface area (Å²) in [5.74, 6) is -2.11. The van der Waals surface area contributed by atoms with Crippen LogP contribution in [-0.2, 0) is 45.8 Å². The molecular formula is C30H35N11Na4O15S4. The number of aliphatic hydroxyl groups excluding tert-OH is 2. The fourth-order valence-electron chi connectivity index (χ4n) is 4.61. The van der Waals surface area contributed by atoms with Crippen molar-refractivity contribution in [2.75, 3.05) is 84.2 Å². The number of aliphatic hydroxyl groups is 2. The van der Waals surface area contributed by atoms with Gasteiger partial charge in [-0.1, -0.05) is 18.2 Å². The van der Waals surface area contributed by atoms with Crippen LogP contribution >= 0.6 is 12.3 Å². The van der Waals surface area contributed by atoms with Crippen LogP contribution in [0.3, 0.4) is 0 Å². The maximum absolute atomic E-state index is 12.4. The van der Waals surface area contributed by atoms with Crippen LogP contribution in [0.5, 0.6) is 5.75 Å². The van der Waals surface area contributed by atoms with E-state index in [0.29, 0.717) is 0 Å². The number of benzene rings is 2. The zero-order valence-electron chi connectivity index (χ0n) is 34.7. The Morgan fingerprint density at radius 3 is 1.64 bits per heavy atom. The summed E-state index contributed by atoms with van der Waals surface area (Å²) in [5.41, 5.74) is 0.388. The zero-order valence-corrected chi connectivity index (χ0v) is 46.0. The van der Waals surface area contributed by atoms with Crippen molar-refractivity contribution in [2.45, 2.75) is 11.3 Å². The van der Waals surface area contributed by atoms with E-state index in [2.05, 4.69) is 60.8 Å². The zero-order chi connectivity index (χ0) is 43.8. The smallest absolute Gasteiger partial charge is 0.773 e. The Kier molecular flexibility index (Phi) is 30.6. The summed E-state index contributed by atoms with van der Waals surface area (Å²) < 4.78 is 124. The van der Waals surface area contributed by atoms with Crippen LogP contribution in [0.1, 0.15) is 17.0 Å². The normalized spacial score (nSPS) is 11.3. The molecule has 0 aliphatic carbocycles. The van der Waals surface area contributed by atoms with Crippen LogP contribution in [0.4, 0.5) is 41.1 Å². The van der Waals surface area contributed by atoms with E-state index in [1.807, 2.05) is 0 Å². The quantitative estimate of drug-likeness (QED) is 0.00584. The molecule has 0 aliphatic heterocycles. The largest absolute Gasteiger partial charge is 1.00 e. The van der Waals surface area contributed by atoms with E-state index < -0.39 is 46.8 Å². The van der Waals surface area contributed by atoms with E-state index in [-0.39, 0.29) is 247 Å². The van der Waals surface area contributed by atoms with Crippen molar-refractivity contribution < 1.29 is 186 Å². The maximum atomic E-state index is 12.4. The van der Waals surface area contributed by atoms with Crippen LogP contribution in [0.2, 0.25) is 0 Å². The molecule has 34 heteroatoms. The molecule has 2 aromatic heterocycles. The third-order valence-corrected chi connectivity index (χ3v) is 9.51. The van der Waals surface area contributed by atoms with E-state index >= 15 is 0 Å². The Hall–Kier alpha value is -1.12. The van der Waals surface area contributed by atoms with E-state index in [1.165, 1.54) is 42.5 Å². The summed E-state index contributed by atoms with van der Waals surface area (Å²) in [4.78, 5) is 29.2. The van der Waals surface area contributed by atoms with Crippen LogP contribution in [-0.4, -0.2) is 141 Å². The number of anilines is 7. The van der Waals surface area contributed by atoms with Gasteiger partial charge in [-0.3, -0.25) is 0 Å².